The zero-order valence-corrected chi connectivity index (χ0v) is 9.06. The normalized spacial score (nSPS) is 9.85. The summed E-state index contributed by atoms with van der Waals surface area (Å²) in [5.41, 5.74) is -3.04. The summed E-state index contributed by atoms with van der Waals surface area (Å²) in [5.74, 6) is -5.33. The van der Waals surface area contributed by atoms with E-state index in [9.17, 15) is 29.1 Å². The Morgan fingerprint density at radius 3 is 1.30 bits per heavy atom. The van der Waals surface area contributed by atoms with Crippen LogP contribution in [0.1, 0.15) is 12.8 Å². The molecule has 0 atom stereocenters. The molecule has 12 heteroatoms. The molecule has 0 fully saturated rings. The third-order valence-corrected chi connectivity index (χ3v) is 1.67. The molecule has 0 amide bonds. The summed E-state index contributed by atoms with van der Waals surface area (Å²) >= 11 is 0. The Balaban J connectivity index is 0. The molecule has 0 spiro atoms. The van der Waals surface area contributed by atoms with Crippen LogP contribution in [0.15, 0.2) is 0 Å². The van der Waals surface area contributed by atoms with E-state index in [1.54, 1.807) is 0 Å². The number of ether oxygens (including phenoxy) is 2. The van der Waals surface area contributed by atoms with Crippen LogP contribution in [0, 0.1) is 0 Å². The van der Waals surface area contributed by atoms with Gasteiger partial charge in [-0.05, 0) is 0 Å². The zero-order valence-electron chi connectivity index (χ0n) is 9.06. The van der Waals surface area contributed by atoms with Gasteiger partial charge in [-0.1, -0.05) is 0 Å². The molecule has 20 heavy (non-hydrogen) atoms. The van der Waals surface area contributed by atoms with Gasteiger partial charge in [0, 0.05) is 0 Å². The fourth-order valence-corrected chi connectivity index (χ4v) is 0.958. The van der Waals surface area contributed by atoms with Crippen LogP contribution in [-0.4, -0.2) is 85.8 Å². The van der Waals surface area contributed by atoms with Gasteiger partial charge >= 0.3 is 59.8 Å². The van der Waals surface area contributed by atoms with Gasteiger partial charge < -0.3 is 29.9 Å². The SMILES string of the molecule is O=C(O)OC(=O)CC(O)(CC(=O)OC(=O)O)C(=O)O.[NaH]. The van der Waals surface area contributed by atoms with Crippen molar-refractivity contribution in [2.45, 2.75) is 18.4 Å². The first kappa shape index (κ1) is 20.6. The summed E-state index contributed by atoms with van der Waals surface area (Å²) in [6.45, 7) is 0. The molecule has 4 N–H and O–H groups in total. The maximum absolute atomic E-state index is 10.9. The number of carbonyl (C=O) groups excluding carboxylic acids is 2. The molecule has 0 aliphatic carbocycles. The van der Waals surface area contributed by atoms with Crippen molar-refractivity contribution in [1.82, 2.24) is 0 Å². The molecular weight excluding hydrogens is 295 g/mol. The summed E-state index contributed by atoms with van der Waals surface area (Å²) in [7, 11) is 0. The predicted octanol–water partition coefficient (Wildman–Crippen LogP) is -1.62. The van der Waals surface area contributed by atoms with Crippen LogP contribution in [0.25, 0.3) is 0 Å². The van der Waals surface area contributed by atoms with Gasteiger partial charge in [-0.25, -0.2) is 14.4 Å². The number of esters is 2. The number of carboxylic acid groups (broad SMARTS) is 3. The summed E-state index contributed by atoms with van der Waals surface area (Å²) in [6, 6.07) is 0. The molecule has 0 saturated carbocycles. The molecule has 0 aromatic carbocycles. The number of aliphatic carboxylic acids is 1. The van der Waals surface area contributed by atoms with Gasteiger partial charge in [-0.3, -0.25) is 9.59 Å². The number of carbonyl (C=O) groups is 5. The van der Waals surface area contributed by atoms with Crippen LogP contribution in [0.5, 0.6) is 0 Å². The minimum atomic E-state index is -3.04. The van der Waals surface area contributed by atoms with Crippen molar-refractivity contribution in [3.05, 3.63) is 0 Å². The Morgan fingerprint density at radius 2 is 1.10 bits per heavy atom. The number of hydrogen-bond acceptors (Lipinski definition) is 8. The second-order valence-corrected chi connectivity index (χ2v) is 3.17. The van der Waals surface area contributed by atoms with Gasteiger partial charge in [0.25, 0.3) is 0 Å². The van der Waals surface area contributed by atoms with E-state index < -0.39 is 48.7 Å². The Bertz CT molecular complexity index is 398. The van der Waals surface area contributed by atoms with E-state index in [-0.39, 0.29) is 29.6 Å². The van der Waals surface area contributed by atoms with Crippen LogP contribution in [0.4, 0.5) is 9.59 Å². The van der Waals surface area contributed by atoms with Gasteiger partial charge in [0.15, 0.2) is 5.60 Å². The fourth-order valence-electron chi connectivity index (χ4n) is 0.958. The molecule has 108 valence electrons. The minimum absolute atomic E-state index is 0. The third-order valence-electron chi connectivity index (χ3n) is 1.67. The molecule has 11 nitrogen and oxygen atoms in total. The topological polar surface area (TPSA) is 185 Å². The molecule has 0 aromatic rings. The van der Waals surface area contributed by atoms with Gasteiger partial charge in [-0.2, -0.15) is 0 Å². The summed E-state index contributed by atoms with van der Waals surface area (Å²) in [5, 5.41) is 34.3. The standard InChI is InChI=1S/C8H8O11.Na.H/c9-3(18-6(13)14)1-8(17,5(11)12)2-4(10)19-7(15)16;;/h17H,1-2H2,(H,11,12)(H,13,14)(H,15,16);;. The van der Waals surface area contributed by atoms with Crippen LogP contribution in [-0.2, 0) is 23.9 Å². The van der Waals surface area contributed by atoms with E-state index in [1.807, 2.05) is 0 Å². The second kappa shape index (κ2) is 8.47. The van der Waals surface area contributed by atoms with Gasteiger partial charge in [0.05, 0.1) is 12.8 Å². The Morgan fingerprint density at radius 1 is 0.800 bits per heavy atom. The van der Waals surface area contributed by atoms with Gasteiger partial charge in [0.1, 0.15) is 0 Å². The van der Waals surface area contributed by atoms with Crippen molar-refractivity contribution in [3.63, 3.8) is 0 Å². The maximum atomic E-state index is 10.9. The van der Waals surface area contributed by atoms with Crippen molar-refractivity contribution in [1.29, 1.82) is 0 Å². The molecule has 0 aliphatic heterocycles. The van der Waals surface area contributed by atoms with Crippen LogP contribution < -0.4 is 0 Å². The molecule has 0 rings (SSSR count). The average Bonchev–Trinajstić information content (AvgIpc) is 2.12. The first-order valence-electron chi connectivity index (χ1n) is 4.40. The molecule has 0 unspecified atom stereocenters. The number of carboxylic acids is 1. The predicted molar refractivity (Wildman–Crippen MR) is 57.2 cm³/mol. The molecule has 0 aliphatic rings. The van der Waals surface area contributed by atoms with Gasteiger partial charge in [0.2, 0.25) is 0 Å². The summed E-state index contributed by atoms with van der Waals surface area (Å²) in [4.78, 5) is 52.5. The van der Waals surface area contributed by atoms with Crippen molar-refractivity contribution in [2.24, 2.45) is 0 Å². The van der Waals surface area contributed by atoms with Crippen molar-refractivity contribution >= 4 is 59.8 Å². The number of rotatable bonds is 5. The first-order valence-corrected chi connectivity index (χ1v) is 4.40. The van der Waals surface area contributed by atoms with Crippen LogP contribution in [0.3, 0.4) is 0 Å². The van der Waals surface area contributed by atoms with E-state index in [0.29, 0.717) is 0 Å². The molecule has 0 heterocycles. The molecule has 0 bridgehead atoms. The van der Waals surface area contributed by atoms with Crippen molar-refractivity contribution in [2.75, 3.05) is 0 Å². The third kappa shape index (κ3) is 7.68. The monoisotopic (exact) mass is 304 g/mol. The summed E-state index contributed by atoms with van der Waals surface area (Å²) < 4.78 is 7.09. The van der Waals surface area contributed by atoms with Crippen molar-refractivity contribution < 1.29 is 53.9 Å². The van der Waals surface area contributed by atoms with E-state index in [0.717, 1.165) is 0 Å². The van der Waals surface area contributed by atoms with Crippen LogP contribution >= 0.6 is 0 Å². The van der Waals surface area contributed by atoms with E-state index in [4.69, 9.17) is 15.3 Å². The number of hydrogen-bond donors (Lipinski definition) is 4. The number of aliphatic hydroxyl groups is 1. The molecule has 0 aromatic heterocycles. The molecule has 0 radical (unpaired) electrons. The average molecular weight is 304 g/mol. The van der Waals surface area contributed by atoms with E-state index in [2.05, 4.69) is 9.47 Å². The fraction of sp³-hybridized carbons (Fsp3) is 0.375. The summed E-state index contributed by atoms with van der Waals surface area (Å²) in [6.07, 6.45) is -6.84. The Labute approximate surface area is 132 Å². The van der Waals surface area contributed by atoms with Crippen LogP contribution in [0.2, 0.25) is 0 Å². The van der Waals surface area contributed by atoms with E-state index in [1.165, 1.54) is 0 Å². The zero-order chi connectivity index (χ0) is 15.2. The van der Waals surface area contributed by atoms with Gasteiger partial charge in [-0.15, -0.1) is 0 Å². The second-order valence-electron chi connectivity index (χ2n) is 3.17. The Kier molecular flexibility index (Phi) is 8.74. The Hall–Kier alpha value is -1.69. The quantitative estimate of drug-likeness (QED) is 0.260. The van der Waals surface area contributed by atoms with Crippen molar-refractivity contribution in [3.8, 4) is 0 Å². The van der Waals surface area contributed by atoms with E-state index >= 15 is 0 Å². The first-order chi connectivity index (χ1) is 8.56. The molecular formula is C8H9NaO11. The molecule has 0 saturated heterocycles.